The molecule has 0 radical (unpaired) electrons. The number of hydrogen-bond donors (Lipinski definition) is 2. The predicted octanol–water partition coefficient (Wildman–Crippen LogP) is 2.64. The lowest BCUT2D eigenvalue weighted by molar-refractivity contribution is 0.0848. The Bertz CT molecular complexity index is 1250. The van der Waals surface area contributed by atoms with E-state index in [0.717, 1.165) is 12.1 Å². The van der Waals surface area contributed by atoms with E-state index in [4.69, 9.17) is 0 Å². The summed E-state index contributed by atoms with van der Waals surface area (Å²) in [5, 5.41) is 1.80. The third kappa shape index (κ3) is 5.53. The number of sulfonamides is 1. The van der Waals surface area contributed by atoms with Gasteiger partial charge >= 0.3 is 0 Å². The van der Waals surface area contributed by atoms with E-state index in [0.29, 0.717) is 31.1 Å². The van der Waals surface area contributed by atoms with Gasteiger partial charge in [-0.3, -0.25) is 25.3 Å². The van der Waals surface area contributed by atoms with E-state index in [1.165, 1.54) is 45.5 Å². The zero-order valence-corrected chi connectivity index (χ0v) is 20.4. The summed E-state index contributed by atoms with van der Waals surface area (Å²) in [6, 6.07) is 17.7. The summed E-state index contributed by atoms with van der Waals surface area (Å²) >= 11 is 1.29. The molecule has 1 saturated heterocycles. The van der Waals surface area contributed by atoms with Gasteiger partial charge in [-0.15, -0.1) is 11.3 Å². The summed E-state index contributed by atoms with van der Waals surface area (Å²) in [6.45, 7) is 4.73. The van der Waals surface area contributed by atoms with E-state index in [-0.39, 0.29) is 10.5 Å². The van der Waals surface area contributed by atoms with Crippen LogP contribution >= 0.6 is 11.3 Å². The minimum atomic E-state index is -3.65. The maximum absolute atomic E-state index is 13.1. The van der Waals surface area contributed by atoms with Crippen LogP contribution in [0.4, 0.5) is 0 Å². The Morgan fingerprint density at radius 2 is 1.53 bits per heavy atom. The summed E-state index contributed by atoms with van der Waals surface area (Å²) < 4.78 is 27.6. The molecule has 1 aliphatic rings. The number of thiophene rings is 1. The standard InChI is InChI=1S/C24H26N4O4S2/c1-18-11-16-33-22(18)24(30)26-25-23(29)20-7-9-21(10-8-20)34(31,32)28-14-12-27(13-15-28)17-19-5-3-2-4-6-19/h2-11,16H,12-15,17H2,1H3,(H,25,29)(H,26,30). The van der Waals surface area contributed by atoms with Gasteiger partial charge in [0, 0.05) is 38.3 Å². The van der Waals surface area contributed by atoms with E-state index < -0.39 is 21.8 Å². The minimum Gasteiger partial charge on any atom is -0.296 e. The molecule has 1 fully saturated rings. The second-order valence-corrected chi connectivity index (χ2v) is 10.9. The number of hydrazine groups is 1. The van der Waals surface area contributed by atoms with Crippen molar-refractivity contribution in [3.05, 3.63) is 87.6 Å². The molecular weight excluding hydrogens is 472 g/mol. The Balaban J connectivity index is 1.32. The highest BCUT2D eigenvalue weighted by Gasteiger charge is 2.28. The van der Waals surface area contributed by atoms with Gasteiger partial charge in [-0.1, -0.05) is 30.3 Å². The van der Waals surface area contributed by atoms with Crippen LogP contribution in [0.5, 0.6) is 0 Å². The smallest absolute Gasteiger partial charge is 0.280 e. The zero-order chi connectivity index (χ0) is 24.1. The molecule has 10 heteroatoms. The van der Waals surface area contributed by atoms with Crippen molar-refractivity contribution >= 4 is 33.2 Å². The highest BCUT2D eigenvalue weighted by Crippen LogP contribution is 2.19. The summed E-state index contributed by atoms with van der Waals surface area (Å²) in [6.07, 6.45) is 0. The number of nitrogens with one attached hydrogen (secondary N) is 2. The third-order valence-corrected chi connectivity index (χ3v) is 8.62. The first-order valence-electron chi connectivity index (χ1n) is 10.9. The Labute approximate surface area is 203 Å². The fraction of sp³-hybridized carbons (Fsp3) is 0.250. The van der Waals surface area contributed by atoms with E-state index in [1.54, 1.807) is 5.38 Å². The second kappa shape index (κ2) is 10.5. The molecule has 1 aromatic heterocycles. The van der Waals surface area contributed by atoms with Crippen LogP contribution in [0.3, 0.4) is 0 Å². The van der Waals surface area contributed by atoms with Gasteiger partial charge < -0.3 is 0 Å². The highest BCUT2D eigenvalue weighted by atomic mass is 32.2. The van der Waals surface area contributed by atoms with Crippen LogP contribution < -0.4 is 10.9 Å². The van der Waals surface area contributed by atoms with E-state index in [2.05, 4.69) is 27.9 Å². The normalized spacial score (nSPS) is 15.1. The van der Waals surface area contributed by atoms with Crippen molar-refractivity contribution < 1.29 is 18.0 Å². The monoisotopic (exact) mass is 498 g/mol. The van der Waals surface area contributed by atoms with Crippen LogP contribution in [0.2, 0.25) is 0 Å². The quantitative estimate of drug-likeness (QED) is 0.509. The zero-order valence-electron chi connectivity index (χ0n) is 18.7. The van der Waals surface area contributed by atoms with Gasteiger partial charge in [-0.05, 0) is 53.8 Å². The van der Waals surface area contributed by atoms with Gasteiger partial charge in [-0.2, -0.15) is 4.31 Å². The SMILES string of the molecule is Cc1ccsc1C(=O)NNC(=O)c1ccc(S(=O)(=O)N2CCN(Cc3ccccc3)CC2)cc1. The molecule has 178 valence electrons. The predicted molar refractivity (Wildman–Crippen MR) is 131 cm³/mol. The van der Waals surface area contributed by atoms with Crippen molar-refractivity contribution in [1.29, 1.82) is 0 Å². The number of nitrogens with zero attached hydrogens (tertiary/aromatic N) is 2. The number of carbonyl (C=O) groups is 2. The first-order valence-corrected chi connectivity index (χ1v) is 13.2. The van der Waals surface area contributed by atoms with Crippen molar-refractivity contribution in [2.24, 2.45) is 0 Å². The number of piperazine rings is 1. The number of amides is 2. The maximum atomic E-state index is 13.1. The first-order chi connectivity index (χ1) is 16.3. The molecular formula is C24H26N4O4S2. The molecule has 3 aromatic rings. The molecule has 0 atom stereocenters. The average molecular weight is 499 g/mol. The molecule has 4 rings (SSSR count). The number of aryl methyl sites for hydroxylation is 1. The van der Waals surface area contributed by atoms with Gasteiger partial charge in [-0.25, -0.2) is 8.42 Å². The molecule has 8 nitrogen and oxygen atoms in total. The molecule has 2 heterocycles. The molecule has 2 amide bonds. The van der Waals surface area contributed by atoms with Gasteiger partial charge in [0.05, 0.1) is 9.77 Å². The van der Waals surface area contributed by atoms with Crippen LogP contribution in [-0.2, 0) is 16.6 Å². The Hall–Kier alpha value is -3.05. The van der Waals surface area contributed by atoms with Crippen molar-refractivity contribution in [2.45, 2.75) is 18.4 Å². The number of carbonyl (C=O) groups excluding carboxylic acids is 2. The molecule has 0 saturated carbocycles. The molecule has 1 aliphatic heterocycles. The molecule has 0 unspecified atom stereocenters. The van der Waals surface area contributed by atoms with Gasteiger partial charge in [0.25, 0.3) is 11.8 Å². The molecule has 2 aromatic carbocycles. The maximum Gasteiger partial charge on any atom is 0.280 e. The van der Waals surface area contributed by atoms with Crippen molar-refractivity contribution in [2.75, 3.05) is 26.2 Å². The molecule has 0 aliphatic carbocycles. The fourth-order valence-corrected chi connectivity index (χ4v) is 5.99. The molecule has 0 spiro atoms. The van der Waals surface area contributed by atoms with Gasteiger partial charge in [0.2, 0.25) is 10.0 Å². The minimum absolute atomic E-state index is 0.138. The lowest BCUT2D eigenvalue weighted by Gasteiger charge is -2.34. The van der Waals surface area contributed by atoms with Crippen LogP contribution in [0.25, 0.3) is 0 Å². The first kappa shape index (κ1) is 24.1. The van der Waals surface area contributed by atoms with E-state index in [1.807, 2.05) is 31.2 Å². The molecule has 34 heavy (non-hydrogen) atoms. The van der Waals surface area contributed by atoms with Crippen molar-refractivity contribution in [3.63, 3.8) is 0 Å². The Morgan fingerprint density at radius 1 is 0.882 bits per heavy atom. The van der Waals surface area contributed by atoms with Crippen molar-refractivity contribution in [1.82, 2.24) is 20.1 Å². The Morgan fingerprint density at radius 3 is 2.15 bits per heavy atom. The van der Waals surface area contributed by atoms with E-state index in [9.17, 15) is 18.0 Å². The van der Waals surface area contributed by atoms with Crippen LogP contribution in [0.15, 0.2) is 70.9 Å². The summed E-state index contributed by atoms with van der Waals surface area (Å²) in [5.41, 5.74) is 7.02. The van der Waals surface area contributed by atoms with E-state index >= 15 is 0 Å². The second-order valence-electron chi connectivity index (χ2n) is 8.03. The lowest BCUT2D eigenvalue weighted by atomic mass is 10.2. The van der Waals surface area contributed by atoms with Gasteiger partial charge in [0.15, 0.2) is 0 Å². The summed E-state index contributed by atoms with van der Waals surface area (Å²) in [5.74, 6) is -0.924. The van der Waals surface area contributed by atoms with Crippen molar-refractivity contribution in [3.8, 4) is 0 Å². The fourth-order valence-electron chi connectivity index (χ4n) is 3.74. The molecule has 0 bridgehead atoms. The lowest BCUT2D eigenvalue weighted by Crippen LogP contribution is -2.48. The molecule has 2 N–H and O–H groups in total. The summed E-state index contributed by atoms with van der Waals surface area (Å²) in [7, 11) is -3.65. The summed E-state index contributed by atoms with van der Waals surface area (Å²) in [4.78, 5) is 27.4. The van der Waals surface area contributed by atoms with Crippen LogP contribution in [0, 0.1) is 6.92 Å². The third-order valence-electron chi connectivity index (χ3n) is 5.69. The topological polar surface area (TPSA) is 98.8 Å². The van der Waals surface area contributed by atoms with Gasteiger partial charge in [0.1, 0.15) is 0 Å². The number of rotatable bonds is 6. The Kier molecular flexibility index (Phi) is 7.42. The number of benzene rings is 2. The van der Waals surface area contributed by atoms with Crippen LogP contribution in [-0.4, -0.2) is 55.6 Å². The highest BCUT2D eigenvalue weighted by molar-refractivity contribution is 7.89. The number of hydrogen-bond acceptors (Lipinski definition) is 6. The van der Waals surface area contributed by atoms with Crippen LogP contribution in [0.1, 0.15) is 31.2 Å². The largest absolute Gasteiger partial charge is 0.296 e. The average Bonchev–Trinajstić information content (AvgIpc) is 3.29.